The molecule has 3 rings (SSSR count). The molecule has 0 atom stereocenters. The third-order valence-corrected chi connectivity index (χ3v) is 4.89. The van der Waals surface area contributed by atoms with Crippen LogP contribution >= 0.6 is 11.3 Å². The second-order valence-corrected chi connectivity index (χ2v) is 5.63. The van der Waals surface area contributed by atoms with Gasteiger partial charge in [-0.3, -0.25) is 0 Å². The molecule has 2 aromatic rings. The Kier molecular flexibility index (Phi) is 2.22. The van der Waals surface area contributed by atoms with E-state index < -0.39 is 0 Å². The van der Waals surface area contributed by atoms with Gasteiger partial charge in [0.1, 0.15) is 0 Å². The van der Waals surface area contributed by atoms with Gasteiger partial charge in [0.05, 0.1) is 11.5 Å². The van der Waals surface area contributed by atoms with E-state index in [4.69, 9.17) is 0 Å². The van der Waals surface area contributed by atoms with Gasteiger partial charge in [-0.1, -0.05) is 31.0 Å². The van der Waals surface area contributed by atoms with Crippen molar-refractivity contribution in [3.05, 3.63) is 35.2 Å². The zero-order chi connectivity index (χ0) is 11.0. The monoisotopic (exact) mass is 227 g/mol. The van der Waals surface area contributed by atoms with Crippen molar-refractivity contribution in [2.75, 3.05) is 0 Å². The average Bonchev–Trinajstić information content (AvgIpc) is 2.96. The third-order valence-electron chi connectivity index (χ3n) is 3.57. The van der Waals surface area contributed by atoms with Crippen LogP contribution in [-0.4, -0.2) is 0 Å². The first kappa shape index (κ1) is 9.86. The maximum atomic E-state index is 9.45. The minimum Gasteiger partial charge on any atom is -0.197 e. The van der Waals surface area contributed by atoms with Crippen LogP contribution in [0.5, 0.6) is 0 Å². The van der Waals surface area contributed by atoms with Crippen molar-refractivity contribution < 1.29 is 0 Å². The lowest BCUT2D eigenvalue weighted by molar-refractivity contribution is 0.585. The van der Waals surface area contributed by atoms with Crippen LogP contribution in [0.25, 0.3) is 10.1 Å². The number of hydrogen-bond acceptors (Lipinski definition) is 2. The molecule has 1 heterocycles. The molecule has 0 bridgehead atoms. The smallest absolute Gasteiger partial charge is 0.0915 e. The van der Waals surface area contributed by atoms with E-state index in [1.807, 2.05) is 0 Å². The highest BCUT2D eigenvalue weighted by atomic mass is 32.1. The van der Waals surface area contributed by atoms with E-state index in [0.717, 1.165) is 12.8 Å². The van der Waals surface area contributed by atoms with Crippen molar-refractivity contribution in [2.45, 2.75) is 31.1 Å². The molecule has 0 aliphatic heterocycles. The van der Waals surface area contributed by atoms with Gasteiger partial charge in [-0.25, -0.2) is 0 Å². The van der Waals surface area contributed by atoms with E-state index in [-0.39, 0.29) is 5.41 Å². The first-order valence-corrected chi connectivity index (χ1v) is 6.56. The molecule has 0 unspecified atom stereocenters. The topological polar surface area (TPSA) is 23.8 Å². The van der Waals surface area contributed by atoms with E-state index in [1.54, 1.807) is 11.3 Å². The summed E-state index contributed by atoms with van der Waals surface area (Å²) in [6.45, 7) is 0. The number of nitriles is 1. The number of fused-ring (bicyclic) bond motifs is 1. The van der Waals surface area contributed by atoms with E-state index in [0.29, 0.717) is 0 Å². The molecule has 0 amide bonds. The summed E-state index contributed by atoms with van der Waals surface area (Å²) in [5, 5.41) is 10.7. The molecule has 0 N–H and O–H groups in total. The zero-order valence-corrected chi connectivity index (χ0v) is 9.89. The fourth-order valence-corrected chi connectivity index (χ4v) is 3.87. The summed E-state index contributed by atoms with van der Waals surface area (Å²) in [5.74, 6) is 0. The van der Waals surface area contributed by atoms with Gasteiger partial charge in [0.15, 0.2) is 0 Å². The molecule has 1 aliphatic rings. The standard InChI is InChI=1S/C14H13NS/c15-10-14(7-3-4-8-14)13-9-11-5-1-2-6-12(11)16-13/h1-2,5-6,9H,3-4,7-8H2. The Labute approximate surface area is 99.3 Å². The van der Waals surface area contributed by atoms with Crippen molar-refractivity contribution >= 4 is 21.4 Å². The molecule has 0 spiro atoms. The zero-order valence-electron chi connectivity index (χ0n) is 9.07. The van der Waals surface area contributed by atoms with Gasteiger partial charge in [-0.15, -0.1) is 11.3 Å². The van der Waals surface area contributed by atoms with E-state index >= 15 is 0 Å². The molecule has 1 aromatic heterocycles. The van der Waals surface area contributed by atoms with Gasteiger partial charge in [0.2, 0.25) is 0 Å². The Hall–Kier alpha value is -1.33. The Morgan fingerprint density at radius 3 is 2.62 bits per heavy atom. The van der Waals surface area contributed by atoms with Crippen LogP contribution in [0.3, 0.4) is 0 Å². The second-order valence-electron chi connectivity index (χ2n) is 4.55. The van der Waals surface area contributed by atoms with Gasteiger partial charge >= 0.3 is 0 Å². The summed E-state index contributed by atoms with van der Waals surface area (Å²) < 4.78 is 1.30. The van der Waals surface area contributed by atoms with Crippen molar-refractivity contribution in [1.29, 1.82) is 5.26 Å². The van der Waals surface area contributed by atoms with Crippen LogP contribution in [0.1, 0.15) is 30.6 Å². The molecule has 16 heavy (non-hydrogen) atoms. The van der Waals surface area contributed by atoms with Crippen molar-refractivity contribution in [3.8, 4) is 6.07 Å². The first-order chi connectivity index (χ1) is 7.84. The summed E-state index contributed by atoms with van der Waals surface area (Å²) in [6, 6.07) is 13.2. The number of benzene rings is 1. The van der Waals surface area contributed by atoms with Crippen LogP contribution in [0.2, 0.25) is 0 Å². The van der Waals surface area contributed by atoms with Gasteiger partial charge in [-0.2, -0.15) is 5.26 Å². The molecule has 80 valence electrons. The lowest BCUT2D eigenvalue weighted by Gasteiger charge is -2.17. The Morgan fingerprint density at radius 2 is 1.94 bits per heavy atom. The predicted molar refractivity (Wildman–Crippen MR) is 67.6 cm³/mol. The molecular formula is C14H13NS. The molecular weight excluding hydrogens is 214 g/mol. The predicted octanol–water partition coefficient (Wildman–Crippen LogP) is 4.24. The Morgan fingerprint density at radius 1 is 1.19 bits per heavy atom. The fourth-order valence-electron chi connectivity index (χ4n) is 2.61. The summed E-state index contributed by atoms with van der Waals surface area (Å²) in [4.78, 5) is 1.27. The second kappa shape index (κ2) is 3.61. The molecule has 1 fully saturated rings. The van der Waals surface area contributed by atoms with Gasteiger partial charge in [0, 0.05) is 9.58 Å². The van der Waals surface area contributed by atoms with Crippen LogP contribution in [-0.2, 0) is 5.41 Å². The van der Waals surface area contributed by atoms with Gasteiger partial charge in [0.25, 0.3) is 0 Å². The largest absolute Gasteiger partial charge is 0.197 e. The van der Waals surface area contributed by atoms with Crippen molar-refractivity contribution in [1.82, 2.24) is 0 Å². The normalized spacial score (nSPS) is 18.7. The van der Waals surface area contributed by atoms with Crippen molar-refractivity contribution in [2.24, 2.45) is 0 Å². The van der Waals surface area contributed by atoms with E-state index in [9.17, 15) is 5.26 Å². The first-order valence-electron chi connectivity index (χ1n) is 5.74. The minimum absolute atomic E-state index is 0.177. The Bertz CT molecular complexity index is 522. The summed E-state index contributed by atoms with van der Waals surface area (Å²) in [5.41, 5.74) is -0.177. The quantitative estimate of drug-likeness (QED) is 0.715. The molecule has 2 heteroatoms. The average molecular weight is 227 g/mol. The highest BCUT2D eigenvalue weighted by molar-refractivity contribution is 7.19. The number of thiophene rings is 1. The number of hydrogen-bond donors (Lipinski definition) is 0. The lowest BCUT2D eigenvalue weighted by atomic mass is 9.86. The molecule has 0 saturated heterocycles. The van der Waals surface area contributed by atoms with Crippen molar-refractivity contribution in [3.63, 3.8) is 0 Å². The van der Waals surface area contributed by atoms with Gasteiger partial charge < -0.3 is 0 Å². The third kappa shape index (κ3) is 1.36. The lowest BCUT2D eigenvalue weighted by Crippen LogP contribution is -2.17. The number of rotatable bonds is 1. The maximum absolute atomic E-state index is 9.45. The molecule has 0 radical (unpaired) electrons. The fraction of sp³-hybridized carbons (Fsp3) is 0.357. The molecule has 1 aromatic carbocycles. The van der Waals surface area contributed by atoms with Crippen LogP contribution in [0, 0.1) is 11.3 Å². The van der Waals surface area contributed by atoms with E-state index in [2.05, 4.69) is 36.4 Å². The summed E-state index contributed by atoms with van der Waals surface area (Å²) in [7, 11) is 0. The molecule has 1 nitrogen and oxygen atoms in total. The highest BCUT2D eigenvalue weighted by Gasteiger charge is 2.37. The van der Waals surface area contributed by atoms with Crippen LogP contribution in [0.4, 0.5) is 0 Å². The number of nitrogens with zero attached hydrogens (tertiary/aromatic N) is 1. The SMILES string of the molecule is N#CC1(c2cc3ccccc3s2)CCCC1. The molecule has 1 saturated carbocycles. The van der Waals surface area contributed by atoms with Crippen LogP contribution < -0.4 is 0 Å². The maximum Gasteiger partial charge on any atom is 0.0915 e. The Balaban J connectivity index is 2.15. The molecule has 1 aliphatic carbocycles. The van der Waals surface area contributed by atoms with Crippen LogP contribution in [0.15, 0.2) is 30.3 Å². The highest BCUT2D eigenvalue weighted by Crippen LogP contribution is 2.44. The minimum atomic E-state index is -0.177. The van der Waals surface area contributed by atoms with Gasteiger partial charge in [-0.05, 0) is 30.4 Å². The van der Waals surface area contributed by atoms with E-state index in [1.165, 1.54) is 27.8 Å². The summed E-state index contributed by atoms with van der Waals surface area (Å²) >= 11 is 1.80. The summed E-state index contributed by atoms with van der Waals surface area (Å²) in [6.07, 6.45) is 4.47.